The number of methoxy groups -OCH3 is 1. The zero-order valence-electron chi connectivity index (χ0n) is 13.9. The molecule has 0 fully saturated rings. The number of carbonyl (C=O) groups is 1. The van der Waals surface area contributed by atoms with Gasteiger partial charge < -0.3 is 19.4 Å². The molecule has 0 unspecified atom stereocenters. The van der Waals surface area contributed by atoms with Gasteiger partial charge >= 0.3 is 0 Å². The molecule has 10 heteroatoms. The number of benzene rings is 2. The number of rotatable bonds is 8. The standard InChI is InChI=1S/C17H14ClN3O6/c1-26-13-6-8-14(9-7-13)27-16(17(22)23)15(18)10-19-20-11-2-4-12(5-3-11)21(24)25/h2-10,20H,1H3,(H,22,23)/p-1/b16-15+,19-10-. The van der Waals surface area contributed by atoms with Crippen LogP contribution in [-0.4, -0.2) is 24.2 Å². The second-order valence-electron chi connectivity index (χ2n) is 4.92. The van der Waals surface area contributed by atoms with Gasteiger partial charge in [-0.05, 0) is 36.4 Å². The number of carboxylic acid groups (broad SMARTS) is 1. The fraction of sp³-hybridized carbons (Fsp3) is 0.0588. The van der Waals surface area contributed by atoms with Crippen LogP contribution < -0.4 is 20.0 Å². The fourth-order valence-electron chi connectivity index (χ4n) is 1.83. The Morgan fingerprint density at radius 1 is 1.15 bits per heavy atom. The van der Waals surface area contributed by atoms with Gasteiger partial charge in [0, 0.05) is 12.1 Å². The van der Waals surface area contributed by atoms with Crippen molar-refractivity contribution >= 4 is 35.2 Å². The maximum atomic E-state index is 11.3. The molecule has 0 aromatic heterocycles. The minimum Gasteiger partial charge on any atom is -0.541 e. The number of carbonyl (C=O) groups excluding carboxylic acids is 1. The van der Waals surface area contributed by atoms with E-state index in [1.165, 1.54) is 43.5 Å². The predicted octanol–water partition coefficient (Wildman–Crippen LogP) is 2.28. The Hall–Kier alpha value is -3.59. The van der Waals surface area contributed by atoms with Gasteiger partial charge in [0.1, 0.15) is 22.5 Å². The SMILES string of the molecule is COc1ccc(O/C(C(=O)[O-])=C(Cl)\C=N/Nc2ccc([N+](=O)[O-])cc2)cc1. The molecular weight excluding hydrogens is 378 g/mol. The minimum absolute atomic E-state index is 0.0745. The number of nitrogens with one attached hydrogen (secondary N) is 1. The van der Waals surface area contributed by atoms with Gasteiger partial charge in [-0.1, -0.05) is 11.6 Å². The molecule has 2 aromatic rings. The van der Waals surface area contributed by atoms with Gasteiger partial charge in [0.05, 0.1) is 23.9 Å². The highest BCUT2D eigenvalue weighted by Gasteiger charge is 2.09. The third-order valence-corrected chi connectivity index (χ3v) is 3.40. The van der Waals surface area contributed by atoms with Crippen LogP contribution in [0, 0.1) is 10.1 Å². The van der Waals surface area contributed by atoms with Crippen LogP contribution in [0.5, 0.6) is 11.5 Å². The topological polar surface area (TPSA) is 126 Å². The monoisotopic (exact) mass is 390 g/mol. The number of aliphatic carboxylic acids is 1. The fourth-order valence-corrected chi connectivity index (χ4v) is 1.99. The number of halogens is 1. The van der Waals surface area contributed by atoms with E-state index in [0.717, 1.165) is 6.21 Å². The summed E-state index contributed by atoms with van der Waals surface area (Å²) in [6.07, 6.45) is 1.01. The van der Waals surface area contributed by atoms with Crippen molar-refractivity contribution in [2.75, 3.05) is 12.5 Å². The molecule has 0 saturated carbocycles. The van der Waals surface area contributed by atoms with Gasteiger partial charge in [-0.15, -0.1) is 0 Å². The Morgan fingerprint density at radius 2 is 1.74 bits per heavy atom. The van der Waals surface area contributed by atoms with Crippen molar-refractivity contribution < 1.29 is 24.3 Å². The molecule has 2 rings (SSSR count). The van der Waals surface area contributed by atoms with E-state index in [4.69, 9.17) is 21.1 Å². The largest absolute Gasteiger partial charge is 0.541 e. The Labute approximate surface area is 158 Å². The molecule has 0 bridgehead atoms. The highest BCUT2D eigenvalue weighted by Crippen LogP contribution is 2.21. The Morgan fingerprint density at radius 3 is 2.26 bits per heavy atom. The minimum atomic E-state index is -1.63. The van der Waals surface area contributed by atoms with Gasteiger partial charge in [-0.2, -0.15) is 5.10 Å². The highest BCUT2D eigenvalue weighted by atomic mass is 35.5. The summed E-state index contributed by atoms with van der Waals surface area (Å²) in [5.74, 6) is -1.47. The van der Waals surface area contributed by atoms with E-state index in [9.17, 15) is 20.0 Å². The van der Waals surface area contributed by atoms with Crippen LogP contribution in [0.3, 0.4) is 0 Å². The summed E-state index contributed by atoms with van der Waals surface area (Å²) in [6.45, 7) is 0. The summed E-state index contributed by atoms with van der Waals surface area (Å²) >= 11 is 5.91. The van der Waals surface area contributed by atoms with Crippen molar-refractivity contribution in [2.45, 2.75) is 0 Å². The number of hydrogen-bond donors (Lipinski definition) is 1. The second kappa shape index (κ2) is 9.20. The number of hydrazone groups is 1. The van der Waals surface area contributed by atoms with Crippen LogP contribution in [0.2, 0.25) is 0 Å². The summed E-state index contributed by atoms with van der Waals surface area (Å²) in [5, 5.41) is 25.3. The zero-order valence-corrected chi connectivity index (χ0v) is 14.7. The molecule has 0 saturated heterocycles. The second-order valence-corrected chi connectivity index (χ2v) is 5.32. The number of anilines is 1. The third-order valence-electron chi connectivity index (χ3n) is 3.13. The average Bonchev–Trinajstić information content (AvgIpc) is 2.66. The van der Waals surface area contributed by atoms with E-state index in [0.29, 0.717) is 11.4 Å². The molecule has 0 aliphatic carbocycles. The van der Waals surface area contributed by atoms with Crippen LogP contribution >= 0.6 is 11.6 Å². The van der Waals surface area contributed by atoms with Crippen molar-refractivity contribution in [3.05, 3.63) is 69.4 Å². The maximum Gasteiger partial charge on any atom is 0.269 e. The van der Waals surface area contributed by atoms with Gasteiger partial charge in [0.25, 0.3) is 5.69 Å². The molecule has 0 amide bonds. The number of ether oxygens (including phenoxy) is 2. The zero-order chi connectivity index (χ0) is 19.8. The van der Waals surface area contributed by atoms with Gasteiger partial charge in [0.15, 0.2) is 5.76 Å². The normalized spacial score (nSPS) is 11.6. The lowest BCUT2D eigenvalue weighted by atomic mass is 10.3. The van der Waals surface area contributed by atoms with Crippen molar-refractivity contribution in [2.24, 2.45) is 5.10 Å². The number of nitrogens with zero attached hydrogens (tertiary/aromatic N) is 2. The summed E-state index contributed by atoms with van der Waals surface area (Å²) in [5.41, 5.74) is 2.92. The molecule has 0 spiro atoms. The highest BCUT2D eigenvalue weighted by molar-refractivity contribution is 6.40. The quantitative estimate of drug-likeness (QED) is 0.241. The van der Waals surface area contributed by atoms with E-state index < -0.39 is 16.7 Å². The predicted molar refractivity (Wildman–Crippen MR) is 96.7 cm³/mol. The van der Waals surface area contributed by atoms with Crippen molar-refractivity contribution in [1.82, 2.24) is 0 Å². The Kier molecular flexibility index (Phi) is 6.73. The van der Waals surface area contributed by atoms with Crippen LogP contribution in [0.1, 0.15) is 0 Å². The molecule has 0 aliphatic rings. The number of allylic oxidation sites excluding steroid dienone is 1. The smallest absolute Gasteiger partial charge is 0.269 e. The van der Waals surface area contributed by atoms with Gasteiger partial charge in [0.2, 0.25) is 0 Å². The number of hydrogen-bond acceptors (Lipinski definition) is 8. The van der Waals surface area contributed by atoms with Crippen LogP contribution in [0.4, 0.5) is 11.4 Å². The molecule has 0 atom stereocenters. The van der Waals surface area contributed by atoms with Crippen LogP contribution in [-0.2, 0) is 4.79 Å². The molecule has 2 aromatic carbocycles. The lowest BCUT2D eigenvalue weighted by Crippen LogP contribution is -2.28. The first-order chi connectivity index (χ1) is 12.9. The number of nitro groups is 1. The van der Waals surface area contributed by atoms with Crippen LogP contribution in [0.15, 0.2) is 64.4 Å². The van der Waals surface area contributed by atoms with E-state index >= 15 is 0 Å². The summed E-state index contributed by atoms with van der Waals surface area (Å²) in [7, 11) is 1.49. The molecular formula is C17H13ClN3O6-. The Bertz CT molecular complexity index is 879. The molecule has 140 valence electrons. The average molecular weight is 391 g/mol. The van der Waals surface area contributed by atoms with E-state index in [-0.39, 0.29) is 16.5 Å². The van der Waals surface area contributed by atoms with E-state index in [2.05, 4.69) is 10.5 Å². The Balaban J connectivity index is 2.09. The summed E-state index contributed by atoms with van der Waals surface area (Å²) < 4.78 is 10.2. The molecule has 1 N–H and O–H groups in total. The van der Waals surface area contributed by atoms with Crippen molar-refractivity contribution in [3.63, 3.8) is 0 Å². The molecule has 9 nitrogen and oxygen atoms in total. The number of nitro benzene ring substituents is 1. The van der Waals surface area contributed by atoms with Crippen molar-refractivity contribution in [1.29, 1.82) is 0 Å². The van der Waals surface area contributed by atoms with Gasteiger partial charge in [-0.25, -0.2) is 0 Å². The molecule has 27 heavy (non-hydrogen) atoms. The molecule has 0 radical (unpaired) electrons. The first kappa shape index (κ1) is 19.7. The first-order valence-electron chi connectivity index (χ1n) is 7.37. The van der Waals surface area contributed by atoms with Crippen LogP contribution in [0.25, 0.3) is 0 Å². The molecule has 0 heterocycles. The number of carboxylic acids is 1. The van der Waals surface area contributed by atoms with E-state index in [1.54, 1.807) is 12.1 Å². The van der Waals surface area contributed by atoms with E-state index in [1.807, 2.05) is 0 Å². The van der Waals surface area contributed by atoms with Crippen molar-refractivity contribution in [3.8, 4) is 11.5 Å². The summed E-state index contributed by atoms with van der Waals surface area (Å²) in [4.78, 5) is 21.3. The molecule has 0 aliphatic heterocycles. The summed E-state index contributed by atoms with van der Waals surface area (Å²) in [6, 6.07) is 11.6. The van der Waals surface area contributed by atoms with Gasteiger partial charge in [-0.3, -0.25) is 15.5 Å². The number of non-ortho nitro benzene ring substituents is 1. The maximum absolute atomic E-state index is 11.3. The lowest BCUT2D eigenvalue weighted by Gasteiger charge is -2.12. The first-order valence-corrected chi connectivity index (χ1v) is 7.75. The third kappa shape index (κ3) is 5.72. The lowest BCUT2D eigenvalue weighted by molar-refractivity contribution is -0.384.